The van der Waals surface area contributed by atoms with Gasteiger partial charge in [-0.2, -0.15) is 0 Å². The second-order valence-corrected chi connectivity index (χ2v) is 6.18. The predicted octanol–water partition coefficient (Wildman–Crippen LogP) is 4.87. The Morgan fingerprint density at radius 1 is 1.10 bits per heavy atom. The first-order valence-corrected chi connectivity index (χ1v) is 8.18. The summed E-state index contributed by atoms with van der Waals surface area (Å²) in [6, 6.07) is 16.5. The number of hydrogen-bond donors (Lipinski definition) is 1. The van der Waals surface area contributed by atoms with Crippen LogP contribution in [0, 0.1) is 0 Å². The van der Waals surface area contributed by atoms with Crippen LogP contribution in [-0.4, -0.2) is 6.61 Å². The van der Waals surface area contributed by atoms with Crippen molar-refractivity contribution in [1.29, 1.82) is 0 Å². The molecule has 0 heterocycles. The van der Waals surface area contributed by atoms with E-state index in [1.807, 2.05) is 25.1 Å². The Morgan fingerprint density at radius 3 is 2.57 bits per heavy atom. The number of unbranched alkanes of at least 4 members (excludes halogenated alkanes) is 1. The lowest BCUT2D eigenvalue weighted by atomic mass is 10.1. The second-order valence-electron chi connectivity index (χ2n) is 5.26. The highest BCUT2D eigenvalue weighted by molar-refractivity contribution is 9.10. The number of ether oxygens (including phenoxy) is 1. The van der Waals surface area contributed by atoms with Gasteiger partial charge in [-0.3, -0.25) is 0 Å². The quantitative estimate of drug-likeness (QED) is 0.725. The molecule has 1 unspecified atom stereocenters. The number of aryl methyl sites for hydroxylation is 1. The van der Waals surface area contributed by atoms with E-state index in [4.69, 9.17) is 10.5 Å². The molecule has 2 rings (SSSR count). The Bertz CT molecular complexity index is 554. The Kier molecular flexibility index (Phi) is 6.27. The first kappa shape index (κ1) is 16.1. The van der Waals surface area contributed by atoms with E-state index in [1.54, 1.807) is 0 Å². The Hall–Kier alpha value is -1.32. The normalized spacial score (nSPS) is 12.1. The van der Waals surface area contributed by atoms with Crippen molar-refractivity contribution in [3.8, 4) is 5.75 Å². The molecule has 0 amide bonds. The molecule has 2 nitrogen and oxygen atoms in total. The van der Waals surface area contributed by atoms with Crippen LogP contribution in [-0.2, 0) is 6.42 Å². The van der Waals surface area contributed by atoms with E-state index in [9.17, 15) is 0 Å². The lowest BCUT2D eigenvalue weighted by molar-refractivity contribution is 0.302. The van der Waals surface area contributed by atoms with Gasteiger partial charge in [-0.25, -0.2) is 0 Å². The molecule has 0 spiro atoms. The van der Waals surface area contributed by atoms with Gasteiger partial charge in [0.25, 0.3) is 0 Å². The van der Waals surface area contributed by atoms with Crippen LogP contribution in [0.5, 0.6) is 5.75 Å². The summed E-state index contributed by atoms with van der Waals surface area (Å²) in [5.41, 5.74) is 8.42. The van der Waals surface area contributed by atoms with Crippen molar-refractivity contribution in [1.82, 2.24) is 0 Å². The molecule has 0 saturated carbocycles. The molecule has 0 saturated heterocycles. The van der Waals surface area contributed by atoms with E-state index in [-0.39, 0.29) is 6.04 Å². The summed E-state index contributed by atoms with van der Waals surface area (Å²) < 4.78 is 6.92. The fourth-order valence-corrected chi connectivity index (χ4v) is 2.64. The average Bonchev–Trinajstić information content (AvgIpc) is 2.49. The maximum Gasteiger partial charge on any atom is 0.124 e. The van der Waals surface area contributed by atoms with Gasteiger partial charge in [0, 0.05) is 16.1 Å². The third-order valence-electron chi connectivity index (χ3n) is 3.42. The molecule has 21 heavy (non-hydrogen) atoms. The van der Waals surface area contributed by atoms with Crippen molar-refractivity contribution in [3.63, 3.8) is 0 Å². The molecule has 2 N–H and O–H groups in total. The largest absolute Gasteiger partial charge is 0.493 e. The maximum atomic E-state index is 5.99. The highest BCUT2D eigenvalue weighted by Gasteiger charge is 2.08. The van der Waals surface area contributed by atoms with Crippen molar-refractivity contribution >= 4 is 15.9 Å². The lowest BCUT2D eigenvalue weighted by Gasteiger charge is -2.14. The van der Waals surface area contributed by atoms with Crippen molar-refractivity contribution < 1.29 is 4.74 Å². The molecule has 2 aromatic rings. The minimum atomic E-state index is -0.0261. The molecule has 1 atom stereocenters. The summed E-state index contributed by atoms with van der Waals surface area (Å²) in [5, 5.41) is 0. The van der Waals surface area contributed by atoms with Gasteiger partial charge in [-0.05, 0) is 49.9 Å². The van der Waals surface area contributed by atoms with E-state index in [0.29, 0.717) is 0 Å². The summed E-state index contributed by atoms with van der Waals surface area (Å²) >= 11 is 3.47. The van der Waals surface area contributed by atoms with E-state index in [0.717, 1.165) is 41.7 Å². The second kappa shape index (κ2) is 8.20. The van der Waals surface area contributed by atoms with Crippen molar-refractivity contribution in [2.45, 2.75) is 32.2 Å². The fourth-order valence-electron chi connectivity index (χ4n) is 2.26. The number of hydrogen-bond acceptors (Lipinski definition) is 2. The molecule has 3 heteroatoms. The van der Waals surface area contributed by atoms with Gasteiger partial charge in [0.15, 0.2) is 0 Å². The van der Waals surface area contributed by atoms with Crippen LogP contribution in [0.1, 0.15) is 36.9 Å². The van der Waals surface area contributed by atoms with E-state index in [1.165, 1.54) is 5.56 Å². The Morgan fingerprint density at radius 2 is 1.86 bits per heavy atom. The molecule has 0 radical (unpaired) electrons. The van der Waals surface area contributed by atoms with Gasteiger partial charge < -0.3 is 10.5 Å². The van der Waals surface area contributed by atoms with Gasteiger partial charge in [0.2, 0.25) is 0 Å². The fraction of sp³-hybridized carbons (Fsp3) is 0.333. The van der Waals surface area contributed by atoms with E-state index in [2.05, 4.69) is 46.3 Å². The highest BCUT2D eigenvalue weighted by atomic mass is 79.9. The summed E-state index contributed by atoms with van der Waals surface area (Å²) in [7, 11) is 0. The SMILES string of the molecule is CC(N)c1cc(Br)ccc1OCCCCc1ccccc1. The van der Waals surface area contributed by atoms with E-state index >= 15 is 0 Å². The van der Waals surface area contributed by atoms with Crippen LogP contribution in [0.25, 0.3) is 0 Å². The van der Waals surface area contributed by atoms with Gasteiger partial charge in [0.05, 0.1) is 6.61 Å². The molecule has 0 bridgehead atoms. The van der Waals surface area contributed by atoms with Gasteiger partial charge in [0.1, 0.15) is 5.75 Å². The average molecular weight is 348 g/mol. The molecule has 0 aromatic heterocycles. The Balaban J connectivity index is 1.78. The first-order chi connectivity index (χ1) is 10.2. The summed E-state index contributed by atoms with van der Waals surface area (Å²) in [6.07, 6.45) is 3.28. The summed E-state index contributed by atoms with van der Waals surface area (Å²) in [6.45, 7) is 2.71. The minimum Gasteiger partial charge on any atom is -0.493 e. The minimum absolute atomic E-state index is 0.0261. The zero-order chi connectivity index (χ0) is 15.1. The molecule has 112 valence electrons. The summed E-state index contributed by atoms with van der Waals surface area (Å²) in [5.74, 6) is 0.896. The zero-order valence-corrected chi connectivity index (χ0v) is 14.0. The molecule has 0 aliphatic rings. The van der Waals surface area contributed by atoms with Crippen LogP contribution in [0.3, 0.4) is 0 Å². The molecule has 0 aliphatic carbocycles. The maximum absolute atomic E-state index is 5.99. The standard InChI is InChI=1S/C18H22BrNO/c1-14(20)17-13-16(19)10-11-18(17)21-12-6-5-9-15-7-3-2-4-8-15/h2-4,7-8,10-11,13-14H,5-6,9,12,20H2,1H3. The Labute approximate surface area is 135 Å². The molecular formula is C18H22BrNO. The predicted molar refractivity (Wildman–Crippen MR) is 91.6 cm³/mol. The van der Waals surface area contributed by atoms with E-state index < -0.39 is 0 Å². The number of rotatable bonds is 7. The van der Waals surface area contributed by atoms with Crippen LogP contribution in [0.2, 0.25) is 0 Å². The summed E-state index contributed by atoms with van der Waals surface area (Å²) in [4.78, 5) is 0. The first-order valence-electron chi connectivity index (χ1n) is 7.38. The number of nitrogens with two attached hydrogens (primary N) is 1. The zero-order valence-electron chi connectivity index (χ0n) is 12.4. The van der Waals surface area contributed by atoms with Crippen LogP contribution < -0.4 is 10.5 Å². The monoisotopic (exact) mass is 347 g/mol. The third-order valence-corrected chi connectivity index (χ3v) is 3.92. The number of halogens is 1. The van der Waals surface area contributed by atoms with Crippen molar-refractivity contribution in [2.75, 3.05) is 6.61 Å². The molecule has 0 fully saturated rings. The molecule has 2 aromatic carbocycles. The van der Waals surface area contributed by atoms with Crippen LogP contribution in [0.15, 0.2) is 53.0 Å². The van der Waals surface area contributed by atoms with Gasteiger partial charge in [-0.1, -0.05) is 46.3 Å². The smallest absolute Gasteiger partial charge is 0.124 e. The molecule has 0 aliphatic heterocycles. The van der Waals surface area contributed by atoms with Crippen molar-refractivity contribution in [3.05, 3.63) is 64.1 Å². The van der Waals surface area contributed by atoms with Crippen LogP contribution in [0.4, 0.5) is 0 Å². The van der Waals surface area contributed by atoms with Crippen molar-refractivity contribution in [2.24, 2.45) is 5.73 Å². The number of benzene rings is 2. The topological polar surface area (TPSA) is 35.2 Å². The third kappa shape index (κ3) is 5.18. The molecular weight excluding hydrogens is 326 g/mol. The lowest BCUT2D eigenvalue weighted by Crippen LogP contribution is -2.09. The van der Waals surface area contributed by atoms with Crippen LogP contribution >= 0.6 is 15.9 Å². The van der Waals surface area contributed by atoms with Gasteiger partial charge in [-0.15, -0.1) is 0 Å². The van der Waals surface area contributed by atoms with Gasteiger partial charge >= 0.3 is 0 Å². The highest BCUT2D eigenvalue weighted by Crippen LogP contribution is 2.27.